The lowest BCUT2D eigenvalue weighted by Crippen LogP contribution is -2.22. The van der Waals surface area contributed by atoms with Gasteiger partial charge in [-0.25, -0.2) is 4.79 Å². The topological polar surface area (TPSA) is 66.0 Å². The fraction of sp³-hybridized carbons (Fsp3) is 0.600. The van der Waals surface area contributed by atoms with Crippen LogP contribution in [-0.4, -0.2) is 21.3 Å². The van der Waals surface area contributed by atoms with E-state index in [2.05, 4.69) is 24.0 Å². The Bertz CT molecular complexity index is 379. The highest BCUT2D eigenvalue weighted by atomic mass is 16.4. The smallest absolute Gasteiger partial charge is 0.354 e. The number of rotatable bonds is 1. The van der Waals surface area contributed by atoms with Crippen LogP contribution in [-0.2, 0) is 12.8 Å². The number of nitrogens with zero attached hydrogens (tertiary/aromatic N) is 1. The molecule has 0 amide bonds. The summed E-state index contributed by atoms with van der Waals surface area (Å²) in [5, 5.41) is 15.6. The van der Waals surface area contributed by atoms with E-state index in [1.165, 1.54) is 0 Å². The zero-order chi connectivity index (χ0) is 10.3. The van der Waals surface area contributed by atoms with Gasteiger partial charge >= 0.3 is 5.97 Å². The predicted molar refractivity (Wildman–Crippen MR) is 51.4 cm³/mol. The van der Waals surface area contributed by atoms with Crippen molar-refractivity contribution in [1.29, 1.82) is 0 Å². The molecule has 0 fully saturated rings. The Morgan fingerprint density at radius 3 is 2.93 bits per heavy atom. The van der Waals surface area contributed by atoms with Crippen molar-refractivity contribution in [2.45, 2.75) is 33.1 Å². The maximum atomic E-state index is 10.9. The lowest BCUT2D eigenvalue weighted by Gasteiger charge is -2.28. The van der Waals surface area contributed by atoms with Crippen molar-refractivity contribution in [2.75, 3.05) is 0 Å². The van der Waals surface area contributed by atoms with Crippen LogP contribution in [0.3, 0.4) is 0 Å². The molecule has 1 aromatic rings. The Labute approximate surface area is 82.3 Å². The summed E-state index contributed by atoms with van der Waals surface area (Å²) in [6.07, 6.45) is 2.76. The highest BCUT2D eigenvalue weighted by Gasteiger charge is 2.30. The van der Waals surface area contributed by atoms with Gasteiger partial charge in [-0.05, 0) is 24.7 Å². The maximum absolute atomic E-state index is 10.9. The van der Waals surface area contributed by atoms with Gasteiger partial charge in [-0.15, -0.1) is 0 Å². The van der Waals surface area contributed by atoms with Crippen LogP contribution in [0.4, 0.5) is 0 Å². The van der Waals surface area contributed by atoms with Gasteiger partial charge in [0.1, 0.15) is 5.69 Å². The molecule has 0 aromatic carbocycles. The van der Waals surface area contributed by atoms with Crippen LogP contribution in [0.1, 0.15) is 42.0 Å². The molecule has 0 radical (unpaired) electrons. The number of hydrogen-bond acceptors (Lipinski definition) is 2. The Morgan fingerprint density at radius 2 is 2.29 bits per heavy atom. The maximum Gasteiger partial charge on any atom is 0.354 e. The largest absolute Gasteiger partial charge is 0.477 e. The molecule has 1 aliphatic carbocycles. The van der Waals surface area contributed by atoms with E-state index in [1.807, 2.05) is 0 Å². The molecule has 4 nitrogen and oxygen atoms in total. The van der Waals surface area contributed by atoms with Crippen LogP contribution < -0.4 is 0 Å². The van der Waals surface area contributed by atoms with Crippen molar-refractivity contribution in [1.82, 2.24) is 10.2 Å². The van der Waals surface area contributed by atoms with Crippen molar-refractivity contribution in [3.05, 3.63) is 17.0 Å². The van der Waals surface area contributed by atoms with Crippen molar-refractivity contribution in [2.24, 2.45) is 5.41 Å². The molecular formula is C10H14N2O2. The molecule has 1 aromatic heterocycles. The van der Waals surface area contributed by atoms with Gasteiger partial charge < -0.3 is 5.11 Å². The predicted octanol–water partition coefficient (Wildman–Crippen LogP) is 1.62. The molecule has 76 valence electrons. The normalized spacial score (nSPS) is 19.0. The Balaban J connectivity index is 2.42. The highest BCUT2D eigenvalue weighted by Crippen LogP contribution is 2.35. The second-order valence-corrected chi connectivity index (χ2v) is 4.67. The molecule has 0 atom stereocenters. The van der Waals surface area contributed by atoms with E-state index in [0.717, 1.165) is 30.5 Å². The van der Waals surface area contributed by atoms with Gasteiger partial charge in [0, 0.05) is 5.56 Å². The summed E-state index contributed by atoms with van der Waals surface area (Å²) in [6, 6.07) is 0. The van der Waals surface area contributed by atoms with Gasteiger partial charge in [0.15, 0.2) is 0 Å². The standard InChI is InChI=1S/C10H14N2O2/c1-10(2)4-3-7-6(5-10)8(9(13)14)12-11-7/h3-5H2,1-2H3,(H,11,12)(H,13,14). The molecule has 1 aliphatic rings. The quantitative estimate of drug-likeness (QED) is 0.714. The zero-order valence-electron chi connectivity index (χ0n) is 8.42. The first kappa shape index (κ1) is 9.24. The van der Waals surface area contributed by atoms with Crippen molar-refractivity contribution >= 4 is 5.97 Å². The second kappa shape index (κ2) is 2.83. The summed E-state index contributed by atoms with van der Waals surface area (Å²) in [5.41, 5.74) is 2.30. The Kier molecular flexibility index (Phi) is 1.87. The molecule has 0 saturated carbocycles. The number of aromatic nitrogens is 2. The summed E-state index contributed by atoms with van der Waals surface area (Å²) in [7, 11) is 0. The molecule has 0 aliphatic heterocycles. The van der Waals surface area contributed by atoms with E-state index >= 15 is 0 Å². The molecule has 0 saturated heterocycles. The van der Waals surface area contributed by atoms with Crippen LogP contribution >= 0.6 is 0 Å². The molecule has 1 heterocycles. The number of aromatic amines is 1. The Morgan fingerprint density at radius 1 is 1.57 bits per heavy atom. The van der Waals surface area contributed by atoms with E-state index in [9.17, 15) is 4.79 Å². The zero-order valence-corrected chi connectivity index (χ0v) is 8.42. The first-order chi connectivity index (χ1) is 6.49. The number of fused-ring (bicyclic) bond motifs is 1. The highest BCUT2D eigenvalue weighted by molar-refractivity contribution is 5.87. The number of carboxylic acids is 1. The minimum atomic E-state index is -0.906. The first-order valence-corrected chi connectivity index (χ1v) is 4.79. The minimum Gasteiger partial charge on any atom is -0.477 e. The number of aromatic carboxylic acids is 1. The molecule has 0 spiro atoms. The molecular weight excluding hydrogens is 180 g/mol. The van der Waals surface area contributed by atoms with Crippen LogP contribution in [0, 0.1) is 5.41 Å². The van der Waals surface area contributed by atoms with E-state index in [1.54, 1.807) is 0 Å². The van der Waals surface area contributed by atoms with Crippen LogP contribution in [0.15, 0.2) is 0 Å². The molecule has 2 N–H and O–H groups in total. The lowest BCUT2D eigenvalue weighted by molar-refractivity contribution is 0.0688. The van der Waals surface area contributed by atoms with Crippen molar-refractivity contribution in [3.63, 3.8) is 0 Å². The number of hydrogen-bond donors (Lipinski definition) is 2. The van der Waals surface area contributed by atoms with Gasteiger partial charge in [0.25, 0.3) is 0 Å². The second-order valence-electron chi connectivity index (χ2n) is 4.67. The summed E-state index contributed by atoms with van der Waals surface area (Å²) in [6.45, 7) is 4.32. The van der Waals surface area contributed by atoms with Gasteiger partial charge in [-0.3, -0.25) is 5.10 Å². The summed E-state index contributed by atoms with van der Waals surface area (Å²) < 4.78 is 0. The van der Waals surface area contributed by atoms with Crippen molar-refractivity contribution in [3.8, 4) is 0 Å². The average molecular weight is 194 g/mol. The SMILES string of the molecule is CC1(C)CCc2n[nH]c(C(=O)O)c2C1. The fourth-order valence-electron chi connectivity index (χ4n) is 2.00. The van der Waals surface area contributed by atoms with Gasteiger partial charge in [-0.2, -0.15) is 5.10 Å². The lowest BCUT2D eigenvalue weighted by atomic mass is 9.76. The number of carboxylic acid groups (broad SMARTS) is 1. The van der Waals surface area contributed by atoms with E-state index in [4.69, 9.17) is 5.11 Å². The molecule has 4 heteroatoms. The van der Waals surface area contributed by atoms with E-state index in [0.29, 0.717) is 0 Å². The van der Waals surface area contributed by atoms with Gasteiger partial charge in [0.2, 0.25) is 0 Å². The van der Waals surface area contributed by atoms with Crippen LogP contribution in [0.25, 0.3) is 0 Å². The number of H-pyrrole nitrogens is 1. The van der Waals surface area contributed by atoms with Gasteiger partial charge in [-0.1, -0.05) is 13.8 Å². The molecule has 2 rings (SSSR count). The first-order valence-electron chi connectivity index (χ1n) is 4.79. The third-order valence-corrected chi connectivity index (χ3v) is 2.86. The van der Waals surface area contributed by atoms with E-state index < -0.39 is 5.97 Å². The summed E-state index contributed by atoms with van der Waals surface area (Å²) in [5.74, 6) is -0.906. The van der Waals surface area contributed by atoms with Crippen LogP contribution in [0.2, 0.25) is 0 Å². The number of carbonyl (C=O) groups is 1. The minimum absolute atomic E-state index is 0.196. The van der Waals surface area contributed by atoms with Gasteiger partial charge in [0.05, 0.1) is 5.69 Å². The summed E-state index contributed by atoms with van der Waals surface area (Å²) >= 11 is 0. The average Bonchev–Trinajstić information content (AvgIpc) is 2.44. The monoisotopic (exact) mass is 194 g/mol. The van der Waals surface area contributed by atoms with Crippen LogP contribution in [0.5, 0.6) is 0 Å². The molecule has 0 unspecified atom stereocenters. The number of aryl methyl sites for hydroxylation is 1. The fourth-order valence-corrected chi connectivity index (χ4v) is 2.00. The van der Waals surface area contributed by atoms with Crippen molar-refractivity contribution < 1.29 is 9.90 Å². The van der Waals surface area contributed by atoms with E-state index in [-0.39, 0.29) is 11.1 Å². The summed E-state index contributed by atoms with van der Waals surface area (Å²) in [4.78, 5) is 10.9. The number of nitrogens with one attached hydrogen (secondary N) is 1. The molecule has 0 bridgehead atoms. The Hall–Kier alpha value is -1.32. The third-order valence-electron chi connectivity index (χ3n) is 2.86. The molecule has 14 heavy (non-hydrogen) atoms. The third kappa shape index (κ3) is 1.41.